The molecule has 1 saturated carbocycles. The molecule has 0 bridgehead atoms. The van der Waals surface area contributed by atoms with Crippen molar-refractivity contribution < 1.29 is 18.0 Å². The molecular weight excluding hydrogens is 519 g/mol. The zero-order valence-corrected chi connectivity index (χ0v) is 22.1. The molecule has 1 aliphatic heterocycles. The van der Waals surface area contributed by atoms with Crippen molar-refractivity contribution in [2.75, 3.05) is 31.6 Å². The van der Waals surface area contributed by atoms with Crippen LogP contribution < -0.4 is 10.6 Å². The van der Waals surface area contributed by atoms with E-state index in [0.717, 1.165) is 53.8 Å². The van der Waals surface area contributed by atoms with Crippen molar-refractivity contribution in [2.24, 2.45) is 5.92 Å². The molecule has 0 spiro atoms. The molecule has 2 aliphatic rings. The summed E-state index contributed by atoms with van der Waals surface area (Å²) in [7, 11) is 0. The molecule has 2 aromatic heterocycles. The molecular formula is C29H32F3N7O. The molecule has 4 aromatic rings. The van der Waals surface area contributed by atoms with Gasteiger partial charge in [-0.1, -0.05) is 12.1 Å². The van der Waals surface area contributed by atoms with Gasteiger partial charge in [-0.2, -0.15) is 18.3 Å². The third-order valence-electron chi connectivity index (χ3n) is 7.70. The van der Waals surface area contributed by atoms with E-state index in [1.165, 1.54) is 12.8 Å². The van der Waals surface area contributed by atoms with E-state index in [-0.39, 0.29) is 12.7 Å². The summed E-state index contributed by atoms with van der Waals surface area (Å²) in [5, 5.41) is 9.95. The number of fused-ring (bicyclic) bond motifs is 1. The quantitative estimate of drug-likeness (QED) is 0.216. The maximum Gasteiger partial charge on any atom is 0.401 e. The van der Waals surface area contributed by atoms with Crippen LogP contribution in [-0.4, -0.2) is 62.6 Å². The first-order valence-electron chi connectivity index (χ1n) is 13.7. The maximum atomic E-state index is 12.4. The second kappa shape index (κ2) is 11.0. The monoisotopic (exact) mass is 551 g/mol. The summed E-state index contributed by atoms with van der Waals surface area (Å²) in [6.45, 7) is 0.529. The number of anilines is 1. The summed E-state index contributed by atoms with van der Waals surface area (Å²) >= 11 is 0. The number of amides is 1. The van der Waals surface area contributed by atoms with Crippen LogP contribution in [0.15, 0.2) is 61.2 Å². The number of imidazole rings is 1. The van der Waals surface area contributed by atoms with Gasteiger partial charge in [0.05, 0.1) is 36.5 Å². The van der Waals surface area contributed by atoms with Crippen molar-refractivity contribution in [3.8, 4) is 16.8 Å². The van der Waals surface area contributed by atoms with Gasteiger partial charge in [-0.3, -0.25) is 19.4 Å². The smallest absolute Gasteiger partial charge is 0.372 e. The van der Waals surface area contributed by atoms with Crippen LogP contribution in [0.25, 0.3) is 27.8 Å². The average molecular weight is 552 g/mol. The molecule has 0 atom stereocenters. The molecule has 2 aromatic carbocycles. The molecule has 1 amide bonds. The number of hydrogen-bond acceptors (Lipinski definition) is 5. The van der Waals surface area contributed by atoms with Gasteiger partial charge in [0, 0.05) is 42.6 Å². The Labute approximate surface area is 230 Å². The van der Waals surface area contributed by atoms with Crippen molar-refractivity contribution >= 4 is 22.6 Å². The van der Waals surface area contributed by atoms with Crippen molar-refractivity contribution in [1.29, 1.82) is 0 Å². The number of rotatable bonds is 9. The normalized spacial score (nSPS) is 16.5. The Morgan fingerprint density at radius 1 is 1.02 bits per heavy atom. The molecule has 0 radical (unpaired) electrons. The Bertz CT molecular complexity index is 1480. The molecule has 3 heterocycles. The predicted octanol–water partition coefficient (Wildman–Crippen LogP) is 5.37. The van der Waals surface area contributed by atoms with E-state index >= 15 is 0 Å². The number of carbonyl (C=O) groups excluding carboxylic acids is 1. The number of carbonyl (C=O) groups is 1. The fourth-order valence-corrected chi connectivity index (χ4v) is 5.30. The zero-order valence-electron chi connectivity index (χ0n) is 22.1. The van der Waals surface area contributed by atoms with Gasteiger partial charge in [-0.15, -0.1) is 0 Å². The van der Waals surface area contributed by atoms with E-state index in [1.54, 1.807) is 6.33 Å². The lowest BCUT2D eigenvalue weighted by molar-refractivity contribution is -0.133. The van der Waals surface area contributed by atoms with Gasteiger partial charge in [0.15, 0.2) is 0 Å². The lowest BCUT2D eigenvalue weighted by atomic mass is 10.0. The first kappa shape index (κ1) is 26.4. The van der Waals surface area contributed by atoms with Crippen molar-refractivity contribution in [3.63, 3.8) is 0 Å². The number of likely N-dealkylation sites (tertiary alicyclic amines) is 1. The van der Waals surface area contributed by atoms with Crippen LogP contribution in [0, 0.1) is 5.92 Å². The summed E-state index contributed by atoms with van der Waals surface area (Å²) in [5.74, 6) is 0.919. The van der Waals surface area contributed by atoms with E-state index in [0.29, 0.717) is 23.9 Å². The van der Waals surface area contributed by atoms with Crippen LogP contribution in [0.3, 0.4) is 0 Å². The minimum atomic E-state index is -4.25. The molecule has 40 heavy (non-hydrogen) atoms. The van der Waals surface area contributed by atoms with E-state index in [1.807, 2.05) is 62.8 Å². The number of aromatic nitrogens is 4. The molecule has 11 heteroatoms. The fourth-order valence-electron chi connectivity index (χ4n) is 5.30. The van der Waals surface area contributed by atoms with Gasteiger partial charge < -0.3 is 10.2 Å². The highest BCUT2D eigenvalue weighted by Crippen LogP contribution is 2.34. The molecule has 210 valence electrons. The molecule has 2 fully saturated rings. The van der Waals surface area contributed by atoms with Crippen LogP contribution in [0.2, 0.25) is 0 Å². The van der Waals surface area contributed by atoms with Crippen LogP contribution in [-0.2, 0) is 4.79 Å². The van der Waals surface area contributed by atoms with Crippen LogP contribution in [0.4, 0.5) is 18.9 Å². The second-order valence-corrected chi connectivity index (χ2v) is 10.7. The number of halogens is 3. The SMILES string of the molecule is O=C(CC1CC1)N1CCC(n2cc(-c3ccc4c(c3)ncn4-c3cccc(NCNCC(F)(F)F)c3)cn2)CC1. The van der Waals surface area contributed by atoms with E-state index < -0.39 is 12.7 Å². The Hall–Kier alpha value is -3.86. The molecule has 6 rings (SSSR count). The molecule has 8 nitrogen and oxygen atoms in total. The maximum absolute atomic E-state index is 12.4. The van der Waals surface area contributed by atoms with E-state index in [2.05, 4.69) is 26.9 Å². The number of nitrogens with zero attached hydrogens (tertiary/aromatic N) is 5. The van der Waals surface area contributed by atoms with Gasteiger partial charge in [0.2, 0.25) is 5.91 Å². The minimum absolute atomic E-state index is 0.00232. The summed E-state index contributed by atoms with van der Waals surface area (Å²) in [4.78, 5) is 19.1. The fraction of sp³-hybridized carbons (Fsp3) is 0.414. The predicted molar refractivity (Wildman–Crippen MR) is 147 cm³/mol. The highest BCUT2D eigenvalue weighted by molar-refractivity contribution is 5.83. The Morgan fingerprint density at radius 3 is 2.62 bits per heavy atom. The summed E-state index contributed by atoms with van der Waals surface area (Å²) < 4.78 is 41.1. The summed E-state index contributed by atoms with van der Waals surface area (Å²) in [5.41, 5.74) is 5.35. The summed E-state index contributed by atoms with van der Waals surface area (Å²) in [6, 6.07) is 13.8. The van der Waals surface area contributed by atoms with Gasteiger partial charge in [0.1, 0.15) is 6.33 Å². The first-order chi connectivity index (χ1) is 19.3. The van der Waals surface area contributed by atoms with Crippen molar-refractivity contribution in [1.82, 2.24) is 29.5 Å². The number of hydrogen-bond donors (Lipinski definition) is 2. The van der Waals surface area contributed by atoms with Crippen LogP contribution in [0.5, 0.6) is 0 Å². The molecule has 1 saturated heterocycles. The van der Waals surface area contributed by atoms with E-state index in [4.69, 9.17) is 0 Å². The topological polar surface area (TPSA) is 80.0 Å². The van der Waals surface area contributed by atoms with Crippen LogP contribution in [0.1, 0.15) is 38.1 Å². The third kappa shape index (κ3) is 6.14. The van der Waals surface area contributed by atoms with Crippen LogP contribution >= 0.6 is 0 Å². The van der Waals surface area contributed by atoms with Crippen molar-refractivity contribution in [2.45, 2.75) is 44.3 Å². The van der Waals surface area contributed by atoms with Crippen molar-refractivity contribution in [3.05, 3.63) is 61.2 Å². The molecule has 2 N–H and O–H groups in total. The Balaban J connectivity index is 1.10. The second-order valence-electron chi connectivity index (χ2n) is 10.7. The van der Waals surface area contributed by atoms with Gasteiger partial charge >= 0.3 is 6.18 Å². The lowest BCUT2D eigenvalue weighted by Gasteiger charge is -2.32. The van der Waals surface area contributed by atoms with Gasteiger partial charge in [-0.25, -0.2) is 4.98 Å². The zero-order chi connectivity index (χ0) is 27.7. The minimum Gasteiger partial charge on any atom is -0.372 e. The lowest BCUT2D eigenvalue weighted by Crippen LogP contribution is -2.39. The highest BCUT2D eigenvalue weighted by atomic mass is 19.4. The standard InChI is InChI=1S/C29H32F3N7O/c30-29(31,32)17-33-18-34-23-2-1-3-25(14-23)38-19-35-26-13-21(6-7-27(26)38)22-15-36-39(16-22)24-8-10-37(11-9-24)28(40)12-20-4-5-20/h1-3,6-7,13-16,19-20,24,33-34H,4-5,8-12,17-18H2. The molecule has 0 unspecified atom stereocenters. The van der Waals surface area contributed by atoms with Gasteiger partial charge in [0.25, 0.3) is 0 Å². The highest BCUT2D eigenvalue weighted by Gasteiger charge is 2.30. The van der Waals surface area contributed by atoms with E-state index in [9.17, 15) is 18.0 Å². The Kier molecular flexibility index (Phi) is 7.22. The number of piperidine rings is 1. The number of alkyl halides is 3. The number of nitrogens with one attached hydrogen (secondary N) is 2. The van der Waals surface area contributed by atoms with Gasteiger partial charge in [-0.05, 0) is 67.5 Å². The number of benzene rings is 2. The summed E-state index contributed by atoms with van der Waals surface area (Å²) in [6.07, 6.45) is 6.38. The third-order valence-corrected chi connectivity index (χ3v) is 7.70. The Morgan fingerprint density at radius 2 is 1.85 bits per heavy atom. The molecule has 1 aliphatic carbocycles. The largest absolute Gasteiger partial charge is 0.401 e. The average Bonchev–Trinajstić information content (AvgIpc) is 3.44. The first-order valence-corrected chi connectivity index (χ1v) is 13.7.